The van der Waals surface area contributed by atoms with Crippen LogP contribution < -0.4 is 0 Å². The maximum atomic E-state index is 11.5. The van der Waals surface area contributed by atoms with E-state index in [1.165, 1.54) is 0 Å². The fourth-order valence-electron chi connectivity index (χ4n) is 0.889. The van der Waals surface area contributed by atoms with Crippen molar-refractivity contribution in [2.45, 2.75) is 20.3 Å². The summed E-state index contributed by atoms with van der Waals surface area (Å²) in [6.07, 6.45) is 0.899. The first kappa shape index (κ1) is 11.4. The van der Waals surface area contributed by atoms with Gasteiger partial charge in [-0.3, -0.25) is 4.79 Å². The van der Waals surface area contributed by atoms with E-state index in [2.05, 4.69) is 0 Å². The smallest absolute Gasteiger partial charge is 0.225 e. The Labute approximate surface area is 74.7 Å². The molecule has 0 aliphatic carbocycles. The lowest BCUT2D eigenvalue weighted by atomic mass is 10.1. The van der Waals surface area contributed by atoms with Crippen LogP contribution >= 0.6 is 0 Å². The zero-order valence-electron chi connectivity index (χ0n) is 8.46. The Morgan fingerprint density at radius 2 is 2.17 bits per heavy atom. The Bertz CT molecular complexity index is 136. The van der Waals surface area contributed by atoms with E-state index in [1.807, 2.05) is 20.9 Å². The predicted molar refractivity (Wildman–Crippen MR) is 49.0 cm³/mol. The molecule has 3 nitrogen and oxygen atoms in total. The van der Waals surface area contributed by atoms with Crippen LogP contribution in [0.4, 0.5) is 0 Å². The average molecular weight is 173 g/mol. The molecule has 12 heavy (non-hydrogen) atoms. The maximum absolute atomic E-state index is 11.5. The summed E-state index contributed by atoms with van der Waals surface area (Å²) >= 11 is 0. The van der Waals surface area contributed by atoms with Crippen molar-refractivity contribution in [2.24, 2.45) is 5.92 Å². The molecule has 0 aromatic heterocycles. The van der Waals surface area contributed by atoms with Gasteiger partial charge in [0.2, 0.25) is 5.91 Å². The summed E-state index contributed by atoms with van der Waals surface area (Å²) < 4.78 is 4.88. The largest absolute Gasteiger partial charge is 0.383 e. The molecule has 0 fully saturated rings. The number of rotatable bonds is 5. The van der Waals surface area contributed by atoms with Gasteiger partial charge in [-0.25, -0.2) is 0 Å². The molecule has 0 aliphatic heterocycles. The van der Waals surface area contributed by atoms with E-state index < -0.39 is 0 Å². The number of amides is 1. The molecular weight excluding hydrogens is 154 g/mol. The summed E-state index contributed by atoms with van der Waals surface area (Å²) in [6.45, 7) is 5.26. The van der Waals surface area contributed by atoms with Crippen molar-refractivity contribution in [1.29, 1.82) is 0 Å². The lowest BCUT2D eigenvalue weighted by molar-refractivity contribution is -0.134. The number of methoxy groups -OCH3 is 1. The molecule has 1 amide bonds. The first-order chi connectivity index (χ1) is 5.63. The molecule has 0 radical (unpaired) electrons. The van der Waals surface area contributed by atoms with Gasteiger partial charge in [-0.2, -0.15) is 0 Å². The van der Waals surface area contributed by atoms with Gasteiger partial charge >= 0.3 is 0 Å². The van der Waals surface area contributed by atoms with E-state index in [-0.39, 0.29) is 11.8 Å². The van der Waals surface area contributed by atoms with Crippen molar-refractivity contribution < 1.29 is 9.53 Å². The average Bonchev–Trinajstić information content (AvgIpc) is 2.11. The molecule has 0 saturated carbocycles. The summed E-state index contributed by atoms with van der Waals surface area (Å²) in [4.78, 5) is 13.2. The van der Waals surface area contributed by atoms with Gasteiger partial charge in [-0.1, -0.05) is 13.8 Å². The van der Waals surface area contributed by atoms with E-state index >= 15 is 0 Å². The molecular formula is C9H19NO2. The quantitative estimate of drug-likeness (QED) is 0.624. The van der Waals surface area contributed by atoms with Crippen LogP contribution in [0.2, 0.25) is 0 Å². The number of ether oxygens (including phenoxy) is 1. The van der Waals surface area contributed by atoms with Gasteiger partial charge in [0.1, 0.15) is 0 Å². The van der Waals surface area contributed by atoms with Gasteiger partial charge in [-0.15, -0.1) is 0 Å². The highest BCUT2D eigenvalue weighted by atomic mass is 16.5. The van der Waals surface area contributed by atoms with Crippen LogP contribution in [0.5, 0.6) is 0 Å². The molecule has 0 saturated heterocycles. The van der Waals surface area contributed by atoms with Crippen LogP contribution in [-0.4, -0.2) is 38.1 Å². The number of carbonyl (C=O) groups excluding carboxylic acids is 1. The van der Waals surface area contributed by atoms with Crippen molar-refractivity contribution in [3.63, 3.8) is 0 Å². The molecule has 0 aliphatic rings. The normalized spacial score (nSPS) is 12.7. The van der Waals surface area contributed by atoms with Crippen LogP contribution in [-0.2, 0) is 9.53 Å². The minimum Gasteiger partial charge on any atom is -0.383 e. The number of carbonyl (C=O) groups is 1. The summed E-state index contributed by atoms with van der Waals surface area (Å²) in [7, 11) is 3.45. The van der Waals surface area contributed by atoms with Crippen LogP contribution in [0.1, 0.15) is 20.3 Å². The molecule has 1 unspecified atom stereocenters. The van der Waals surface area contributed by atoms with E-state index in [0.717, 1.165) is 6.42 Å². The zero-order chi connectivity index (χ0) is 9.56. The zero-order valence-corrected chi connectivity index (χ0v) is 8.46. The summed E-state index contributed by atoms with van der Waals surface area (Å²) in [5.74, 6) is 0.335. The molecule has 0 bridgehead atoms. The van der Waals surface area contributed by atoms with Crippen LogP contribution in [0.15, 0.2) is 0 Å². The van der Waals surface area contributed by atoms with Gasteiger partial charge in [0.05, 0.1) is 6.61 Å². The molecule has 0 heterocycles. The second-order valence-corrected chi connectivity index (χ2v) is 3.06. The summed E-state index contributed by atoms with van der Waals surface area (Å²) in [5.41, 5.74) is 0. The van der Waals surface area contributed by atoms with E-state index in [0.29, 0.717) is 13.2 Å². The van der Waals surface area contributed by atoms with Crippen molar-refractivity contribution in [1.82, 2.24) is 4.90 Å². The van der Waals surface area contributed by atoms with Gasteiger partial charge in [-0.05, 0) is 6.42 Å². The lowest BCUT2D eigenvalue weighted by Gasteiger charge is -2.19. The molecule has 0 rings (SSSR count). The Kier molecular flexibility index (Phi) is 5.72. The van der Waals surface area contributed by atoms with E-state index in [9.17, 15) is 4.79 Å². The topological polar surface area (TPSA) is 29.5 Å². The van der Waals surface area contributed by atoms with Crippen molar-refractivity contribution in [2.75, 3.05) is 27.3 Å². The first-order valence-electron chi connectivity index (χ1n) is 4.37. The minimum atomic E-state index is 0.131. The third kappa shape index (κ3) is 3.72. The Hall–Kier alpha value is -0.570. The number of hydrogen-bond donors (Lipinski definition) is 0. The highest BCUT2D eigenvalue weighted by Crippen LogP contribution is 2.04. The Morgan fingerprint density at radius 1 is 1.58 bits per heavy atom. The third-order valence-corrected chi connectivity index (χ3v) is 2.04. The summed E-state index contributed by atoms with van der Waals surface area (Å²) in [6, 6.07) is 0. The van der Waals surface area contributed by atoms with Gasteiger partial charge in [0.15, 0.2) is 0 Å². The van der Waals surface area contributed by atoms with Crippen LogP contribution in [0.3, 0.4) is 0 Å². The monoisotopic (exact) mass is 173 g/mol. The first-order valence-corrected chi connectivity index (χ1v) is 4.37. The number of likely N-dealkylation sites (N-methyl/N-ethyl adjacent to an activating group) is 1. The van der Waals surface area contributed by atoms with Crippen molar-refractivity contribution in [3.05, 3.63) is 0 Å². The molecule has 0 aromatic carbocycles. The van der Waals surface area contributed by atoms with Gasteiger partial charge in [0, 0.05) is 26.6 Å². The Morgan fingerprint density at radius 3 is 2.58 bits per heavy atom. The number of hydrogen-bond acceptors (Lipinski definition) is 2. The van der Waals surface area contributed by atoms with Gasteiger partial charge in [0.25, 0.3) is 0 Å². The van der Waals surface area contributed by atoms with E-state index in [1.54, 1.807) is 12.0 Å². The molecule has 0 spiro atoms. The van der Waals surface area contributed by atoms with Crippen molar-refractivity contribution >= 4 is 5.91 Å². The molecule has 0 aromatic rings. The molecule has 3 heteroatoms. The summed E-state index contributed by atoms with van der Waals surface area (Å²) in [5, 5.41) is 0. The highest BCUT2D eigenvalue weighted by molar-refractivity contribution is 5.78. The fraction of sp³-hybridized carbons (Fsp3) is 0.889. The lowest BCUT2D eigenvalue weighted by Crippen LogP contribution is -2.33. The maximum Gasteiger partial charge on any atom is 0.225 e. The fourth-order valence-corrected chi connectivity index (χ4v) is 0.889. The van der Waals surface area contributed by atoms with E-state index in [4.69, 9.17) is 4.74 Å². The Balaban J connectivity index is 3.75. The second kappa shape index (κ2) is 6.00. The highest BCUT2D eigenvalue weighted by Gasteiger charge is 2.14. The number of nitrogens with zero attached hydrogens (tertiary/aromatic N) is 1. The third-order valence-electron chi connectivity index (χ3n) is 2.04. The van der Waals surface area contributed by atoms with Gasteiger partial charge < -0.3 is 9.64 Å². The van der Waals surface area contributed by atoms with Crippen molar-refractivity contribution in [3.8, 4) is 0 Å². The minimum absolute atomic E-state index is 0.131. The predicted octanol–water partition coefficient (Wildman–Crippen LogP) is 1.14. The SMILES string of the molecule is CCC(C)C(=O)N(C)CCOC. The van der Waals surface area contributed by atoms with Crippen LogP contribution in [0.25, 0.3) is 0 Å². The molecule has 1 atom stereocenters. The van der Waals surface area contributed by atoms with Crippen LogP contribution in [0, 0.1) is 5.92 Å². The molecule has 72 valence electrons. The molecule has 0 N–H and O–H groups in total. The second-order valence-electron chi connectivity index (χ2n) is 3.06. The standard InChI is InChI=1S/C9H19NO2/c1-5-8(2)9(11)10(3)6-7-12-4/h8H,5-7H2,1-4H3.